The van der Waals surface area contributed by atoms with Gasteiger partial charge in [0.2, 0.25) is 0 Å². The molecule has 0 fully saturated rings. The second-order valence-corrected chi connectivity index (χ2v) is 6.17. The third-order valence-corrected chi connectivity index (χ3v) is 2.81. The van der Waals surface area contributed by atoms with Crippen molar-refractivity contribution >= 4 is 5.97 Å². The molecule has 0 aliphatic rings. The summed E-state index contributed by atoms with van der Waals surface area (Å²) in [5, 5.41) is 4.40. The highest BCUT2D eigenvalue weighted by molar-refractivity contribution is 5.68. The highest BCUT2D eigenvalue weighted by atomic mass is 17.5. The van der Waals surface area contributed by atoms with E-state index in [0.29, 0.717) is 18.4 Å². The van der Waals surface area contributed by atoms with Crippen LogP contribution in [0.25, 0.3) is 0 Å². The minimum Gasteiger partial charge on any atom is -0.269 e. The second-order valence-electron chi connectivity index (χ2n) is 6.17. The van der Waals surface area contributed by atoms with Gasteiger partial charge in [-0.05, 0) is 29.7 Å². The Bertz CT molecular complexity index is 221. The number of unbranched alkanes of at least 4 members (excludes halogenated alkanes) is 4. The summed E-state index contributed by atoms with van der Waals surface area (Å²) in [6.07, 6.45) is 7.73. The Morgan fingerprint density at radius 1 is 1.00 bits per heavy atom. The first-order chi connectivity index (χ1) is 8.95. The maximum absolute atomic E-state index is 11.3. The van der Waals surface area contributed by atoms with Gasteiger partial charge in [0.1, 0.15) is 0 Å². The monoisotopic (exact) mass is 274 g/mol. The summed E-state index contributed by atoms with van der Waals surface area (Å²) in [5.41, 5.74) is 0.371. The molecule has 4 nitrogen and oxygen atoms in total. The van der Waals surface area contributed by atoms with Gasteiger partial charge in [-0.2, -0.15) is 4.89 Å². The average molecular weight is 274 g/mol. The lowest BCUT2D eigenvalue weighted by Gasteiger charge is -2.17. The van der Waals surface area contributed by atoms with Crippen molar-refractivity contribution in [2.45, 2.75) is 79.1 Å². The Labute approximate surface area is 117 Å². The van der Waals surface area contributed by atoms with Crippen molar-refractivity contribution in [3.8, 4) is 0 Å². The van der Waals surface area contributed by atoms with Crippen LogP contribution < -0.4 is 0 Å². The molecule has 4 heteroatoms. The molecule has 0 saturated carbocycles. The Balaban J connectivity index is 3.26. The van der Waals surface area contributed by atoms with E-state index in [0.717, 1.165) is 38.5 Å². The standard InChI is InChI=1S/C15H30O4/c1-5-6-10-13-17-19-18-14(16)11-8-7-9-12-15(2,3)4/h5-13H2,1-4H3. The quantitative estimate of drug-likeness (QED) is 0.314. The van der Waals surface area contributed by atoms with E-state index in [9.17, 15) is 4.79 Å². The lowest BCUT2D eigenvalue weighted by Crippen LogP contribution is -2.07. The Kier molecular flexibility index (Phi) is 10.9. The Hall–Kier alpha value is -0.610. The summed E-state index contributed by atoms with van der Waals surface area (Å²) in [4.78, 5) is 20.5. The zero-order chi connectivity index (χ0) is 14.6. The summed E-state index contributed by atoms with van der Waals surface area (Å²) in [6.45, 7) is 9.26. The van der Waals surface area contributed by atoms with E-state index in [-0.39, 0.29) is 5.97 Å². The smallest absolute Gasteiger partial charge is 0.269 e. The van der Waals surface area contributed by atoms with Gasteiger partial charge in [0.05, 0.1) is 6.61 Å². The lowest BCUT2D eigenvalue weighted by atomic mass is 9.89. The van der Waals surface area contributed by atoms with Crippen LogP contribution in [0.4, 0.5) is 0 Å². The highest BCUT2D eigenvalue weighted by Gasteiger charge is 2.10. The predicted octanol–water partition coefficient (Wildman–Crippen LogP) is 4.58. The fourth-order valence-corrected chi connectivity index (χ4v) is 1.65. The van der Waals surface area contributed by atoms with E-state index < -0.39 is 0 Å². The largest absolute Gasteiger partial charge is 0.345 e. The van der Waals surface area contributed by atoms with Gasteiger partial charge < -0.3 is 0 Å². The topological polar surface area (TPSA) is 44.8 Å². The fourth-order valence-electron chi connectivity index (χ4n) is 1.65. The molecule has 0 atom stereocenters. The first-order valence-electron chi connectivity index (χ1n) is 7.44. The van der Waals surface area contributed by atoms with Crippen molar-refractivity contribution in [3.05, 3.63) is 0 Å². The average Bonchev–Trinajstić information content (AvgIpc) is 2.31. The number of rotatable bonds is 11. The minimum atomic E-state index is -0.355. The first-order valence-corrected chi connectivity index (χ1v) is 7.44. The number of carbonyl (C=O) groups is 1. The number of hydrogen-bond acceptors (Lipinski definition) is 4. The van der Waals surface area contributed by atoms with Crippen LogP contribution in [0, 0.1) is 5.41 Å². The molecule has 114 valence electrons. The molecule has 0 radical (unpaired) electrons. The van der Waals surface area contributed by atoms with Crippen LogP contribution >= 0.6 is 0 Å². The molecule has 0 aliphatic heterocycles. The maximum Gasteiger partial charge on any atom is 0.345 e. The third kappa shape index (κ3) is 15.3. The summed E-state index contributed by atoms with van der Waals surface area (Å²) in [7, 11) is 0. The van der Waals surface area contributed by atoms with Gasteiger partial charge in [0, 0.05) is 6.42 Å². The van der Waals surface area contributed by atoms with Gasteiger partial charge in [-0.3, -0.25) is 4.89 Å². The minimum absolute atomic E-state index is 0.355. The lowest BCUT2D eigenvalue weighted by molar-refractivity contribution is -0.486. The van der Waals surface area contributed by atoms with Crippen LogP contribution in [0.15, 0.2) is 0 Å². The van der Waals surface area contributed by atoms with Crippen molar-refractivity contribution in [2.24, 2.45) is 5.41 Å². The number of hydrogen-bond donors (Lipinski definition) is 0. The van der Waals surface area contributed by atoms with E-state index in [4.69, 9.17) is 4.89 Å². The zero-order valence-electron chi connectivity index (χ0n) is 13.0. The Morgan fingerprint density at radius 3 is 2.37 bits per heavy atom. The molecule has 0 aromatic carbocycles. The molecule has 0 aliphatic carbocycles. The molecule has 0 saturated heterocycles. The summed E-state index contributed by atoms with van der Waals surface area (Å²) >= 11 is 0. The van der Waals surface area contributed by atoms with Gasteiger partial charge in [0.25, 0.3) is 0 Å². The van der Waals surface area contributed by atoms with Crippen LogP contribution in [-0.2, 0) is 19.6 Å². The van der Waals surface area contributed by atoms with Crippen molar-refractivity contribution in [1.82, 2.24) is 0 Å². The van der Waals surface area contributed by atoms with Gasteiger partial charge in [-0.1, -0.05) is 53.4 Å². The molecule has 19 heavy (non-hydrogen) atoms. The highest BCUT2D eigenvalue weighted by Crippen LogP contribution is 2.22. The van der Waals surface area contributed by atoms with E-state index >= 15 is 0 Å². The second kappa shape index (κ2) is 11.2. The molecule has 0 aromatic rings. The summed E-state index contributed by atoms with van der Waals surface area (Å²) in [6, 6.07) is 0. The first kappa shape index (κ1) is 18.4. The molecule has 0 rings (SSSR count). The van der Waals surface area contributed by atoms with Crippen LogP contribution in [0.1, 0.15) is 79.1 Å². The molecule has 0 N–H and O–H groups in total. The van der Waals surface area contributed by atoms with E-state index in [1.165, 1.54) is 6.42 Å². The van der Waals surface area contributed by atoms with Crippen LogP contribution in [0.2, 0.25) is 0 Å². The molecule has 0 unspecified atom stereocenters. The molecule has 0 spiro atoms. The fraction of sp³-hybridized carbons (Fsp3) is 0.933. The van der Waals surface area contributed by atoms with Crippen molar-refractivity contribution < 1.29 is 19.6 Å². The molecule has 0 aromatic heterocycles. The molecular formula is C15H30O4. The van der Waals surface area contributed by atoms with Crippen molar-refractivity contribution in [3.63, 3.8) is 0 Å². The maximum atomic E-state index is 11.3. The van der Waals surface area contributed by atoms with Crippen molar-refractivity contribution in [2.75, 3.05) is 6.61 Å². The zero-order valence-corrected chi connectivity index (χ0v) is 13.0. The van der Waals surface area contributed by atoms with Gasteiger partial charge in [-0.25, -0.2) is 4.79 Å². The summed E-state index contributed by atoms with van der Waals surface area (Å²) in [5.74, 6) is -0.355. The van der Waals surface area contributed by atoms with Crippen LogP contribution in [0.3, 0.4) is 0 Å². The molecule has 0 amide bonds. The van der Waals surface area contributed by atoms with Gasteiger partial charge in [-0.15, -0.1) is 0 Å². The van der Waals surface area contributed by atoms with E-state index in [2.05, 4.69) is 37.6 Å². The number of carbonyl (C=O) groups excluding carboxylic acids is 1. The van der Waals surface area contributed by atoms with E-state index in [1.807, 2.05) is 0 Å². The van der Waals surface area contributed by atoms with Gasteiger partial charge >= 0.3 is 5.97 Å². The Morgan fingerprint density at radius 2 is 1.74 bits per heavy atom. The normalized spacial score (nSPS) is 11.6. The van der Waals surface area contributed by atoms with Crippen molar-refractivity contribution in [1.29, 1.82) is 0 Å². The molecule has 0 heterocycles. The van der Waals surface area contributed by atoms with Crippen LogP contribution in [0.5, 0.6) is 0 Å². The molecular weight excluding hydrogens is 244 g/mol. The van der Waals surface area contributed by atoms with Crippen LogP contribution in [-0.4, -0.2) is 12.6 Å². The van der Waals surface area contributed by atoms with Gasteiger partial charge in [0.15, 0.2) is 0 Å². The van der Waals surface area contributed by atoms with E-state index in [1.54, 1.807) is 0 Å². The third-order valence-electron chi connectivity index (χ3n) is 2.81. The predicted molar refractivity (Wildman–Crippen MR) is 75.2 cm³/mol. The summed E-state index contributed by atoms with van der Waals surface area (Å²) < 4.78 is 0. The molecule has 0 bridgehead atoms. The SMILES string of the molecule is CCCCCOOOC(=O)CCCCCC(C)(C)C.